The SMILES string of the molecule is N#CCC1(n2cc(C(N)=O)c(Nc3ccccc3)n2)CCC(C(=O)NCC(F)(F)F)CC1.N#CCC1(n2cc(C(N)=O)c(Nc3ccccc3)n2)CCC(C(=O)NCC(F)(F)F)CC1. The van der Waals surface area contributed by atoms with E-state index >= 15 is 0 Å². The van der Waals surface area contributed by atoms with Crippen molar-refractivity contribution >= 4 is 46.6 Å². The third-order valence-corrected chi connectivity index (χ3v) is 11.3. The van der Waals surface area contributed by atoms with Gasteiger partial charge >= 0.3 is 12.4 Å². The van der Waals surface area contributed by atoms with Gasteiger partial charge < -0.3 is 32.7 Å². The minimum Gasteiger partial charge on any atom is -0.365 e. The number of para-hydroxylation sites is 2. The van der Waals surface area contributed by atoms with Crippen LogP contribution in [0.1, 0.15) is 84.9 Å². The summed E-state index contributed by atoms with van der Waals surface area (Å²) in [5, 5.41) is 37.7. The number of alkyl halides is 6. The van der Waals surface area contributed by atoms with E-state index in [0.29, 0.717) is 62.7 Å². The number of carbonyl (C=O) groups excluding carboxylic acids is 4. The first-order valence-electron chi connectivity index (χ1n) is 20.1. The summed E-state index contributed by atoms with van der Waals surface area (Å²) in [6, 6.07) is 22.3. The molecular formula is C42H46F6N12O4. The maximum atomic E-state index is 12.4. The van der Waals surface area contributed by atoms with Crippen molar-refractivity contribution < 1.29 is 45.5 Å². The van der Waals surface area contributed by atoms with E-state index < -0.39 is 72.0 Å². The molecule has 0 atom stereocenters. The summed E-state index contributed by atoms with van der Waals surface area (Å²) in [5.41, 5.74) is 11.1. The van der Waals surface area contributed by atoms with Crippen molar-refractivity contribution in [3.05, 3.63) is 84.2 Å². The van der Waals surface area contributed by atoms with Crippen LogP contribution < -0.4 is 32.7 Å². The van der Waals surface area contributed by atoms with E-state index in [1.54, 1.807) is 24.3 Å². The molecule has 4 aromatic rings. The fourth-order valence-electron chi connectivity index (χ4n) is 7.86. The Labute approximate surface area is 363 Å². The van der Waals surface area contributed by atoms with Crippen molar-refractivity contribution in [2.24, 2.45) is 23.3 Å². The van der Waals surface area contributed by atoms with Crippen LogP contribution in [0.25, 0.3) is 0 Å². The third-order valence-electron chi connectivity index (χ3n) is 11.3. The van der Waals surface area contributed by atoms with Gasteiger partial charge in [-0.2, -0.15) is 47.1 Å². The minimum absolute atomic E-state index is 0.0640. The smallest absolute Gasteiger partial charge is 0.365 e. The molecule has 16 nitrogen and oxygen atoms in total. The van der Waals surface area contributed by atoms with Crippen LogP contribution in [0.15, 0.2) is 73.1 Å². The molecule has 2 saturated carbocycles. The first kappa shape index (κ1) is 47.9. The first-order chi connectivity index (χ1) is 30.3. The van der Waals surface area contributed by atoms with Gasteiger partial charge in [-0.3, -0.25) is 28.5 Å². The molecular weight excluding hydrogens is 851 g/mol. The summed E-state index contributed by atoms with van der Waals surface area (Å²) in [6.45, 7) is -2.75. The van der Waals surface area contributed by atoms with Crippen molar-refractivity contribution in [3.8, 4) is 12.1 Å². The van der Waals surface area contributed by atoms with Crippen molar-refractivity contribution in [2.45, 2.75) is 87.6 Å². The number of anilines is 4. The molecule has 2 fully saturated rings. The summed E-state index contributed by atoms with van der Waals surface area (Å²) in [6.07, 6.45) is -3.33. The van der Waals surface area contributed by atoms with Crippen LogP contribution in [0.5, 0.6) is 0 Å². The van der Waals surface area contributed by atoms with Crippen molar-refractivity contribution in [1.29, 1.82) is 10.5 Å². The molecule has 0 unspecified atom stereocenters. The lowest BCUT2D eigenvalue weighted by molar-refractivity contribution is -0.141. The van der Waals surface area contributed by atoms with Gasteiger partial charge in [0.25, 0.3) is 11.8 Å². The molecule has 8 N–H and O–H groups in total. The molecule has 2 aliphatic rings. The van der Waals surface area contributed by atoms with Gasteiger partial charge in [-0.05, 0) is 75.6 Å². The Morgan fingerprint density at radius 1 is 0.625 bits per heavy atom. The zero-order chi connectivity index (χ0) is 46.7. The fraction of sp³-hybridized carbons (Fsp3) is 0.429. The van der Waals surface area contributed by atoms with E-state index in [9.17, 15) is 56.0 Å². The van der Waals surface area contributed by atoms with E-state index in [-0.39, 0.29) is 35.6 Å². The van der Waals surface area contributed by atoms with Gasteiger partial charge in [0, 0.05) is 35.6 Å². The van der Waals surface area contributed by atoms with Gasteiger partial charge in [-0.15, -0.1) is 0 Å². The fourth-order valence-corrected chi connectivity index (χ4v) is 7.86. The highest BCUT2D eigenvalue weighted by molar-refractivity contribution is 5.98. The van der Waals surface area contributed by atoms with Gasteiger partial charge in [0.1, 0.15) is 24.2 Å². The summed E-state index contributed by atoms with van der Waals surface area (Å²) in [5.74, 6) is -3.38. The number of carbonyl (C=O) groups is 4. The van der Waals surface area contributed by atoms with Crippen LogP contribution >= 0.6 is 0 Å². The Bertz CT molecular complexity index is 2170. The number of nitriles is 2. The molecule has 2 aliphatic carbocycles. The second kappa shape index (κ2) is 20.4. The average molecular weight is 897 g/mol. The molecule has 2 heterocycles. The number of nitrogens with zero attached hydrogens (tertiary/aromatic N) is 6. The average Bonchev–Trinajstić information content (AvgIpc) is 3.89. The van der Waals surface area contributed by atoms with E-state index in [1.807, 2.05) is 47.0 Å². The molecule has 22 heteroatoms. The van der Waals surface area contributed by atoms with Crippen LogP contribution in [0, 0.1) is 34.5 Å². The first-order valence-corrected chi connectivity index (χ1v) is 20.1. The Morgan fingerprint density at radius 3 is 1.23 bits per heavy atom. The predicted octanol–water partition coefficient (Wildman–Crippen LogP) is 6.41. The third kappa shape index (κ3) is 12.5. The second-order valence-electron chi connectivity index (χ2n) is 15.7. The summed E-state index contributed by atoms with van der Waals surface area (Å²) < 4.78 is 77.4. The maximum absolute atomic E-state index is 12.4. The quantitative estimate of drug-likeness (QED) is 0.0759. The number of aromatic nitrogens is 4. The number of primary amides is 2. The minimum atomic E-state index is -4.47. The number of halogens is 6. The van der Waals surface area contributed by atoms with E-state index in [4.69, 9.17) is 11.5 Å². The number of nitrogens with one attached hydrogen (secondary N) is 4. The Hall–Kier alpha value is -7.10. The molecule has 0 bridgehead atoms. The van der Waals surface area contributed by atoms with Crippen LogP contribution in [-0.4, -0.2) is 68.6 Å². The van der Waals surface area contributed by atoms with Crippen LogP contribution in [-0.2, 0) is 20.7 Å². The topological polar surface area (TPSA) is 252 Å². The van der Waals surface area contributed by atoms with E-state index in [0.717, 1.165) is 0 Å². The zero-order valence-electron chi connectivity index (χ0n) is 34.3. The molecule has 0 radical (unpaired) electrons. The summed E-state index contributed by atoms with van der Waals surface area (Å²) >= 11 is 0. The number of hydrogen-bond acceptors (Lipinski definition) is 10. The van der Waals surface area contributed by atoms with Gasteiger partial charge in [-0.25, -0.2) is 0 Å². The van der Waals surface area contributed by atoms with Gasteiger partial charge in [-0.1, -0.05) is 36.4 Å². The molecule has 6 rings (SSSR count). The van der Waals surface area contributed by atoms with Crippen LogP contribution in [0.2, 0.25) is 0 Å². The lowest BCUT2D eigenvalue weighted by Crippen LogP contribution is -2.43. The number of amides is 4. The number of hydrogen-bond donors (Lipinski definition) is 6. The summed E-state index contributed by atoms with van der Waals surface area (Å²) in [4.78, 5) is 48.2. The molecule has 0 spiro atoms. The second-order valence-corrected chi connectivity index (χ2v) is 15.7. The molecule has 0 aliphatic heterocycles. The van der Waals surface area contributed by atoms with E-state index in [2.05, 4.69) is 33.0 Å². The molecule has 64 heavy (non-hydrogen) atoms. The van der Waals surface area contributed by atoms with Crippen molar-refractivity contribution in [3.63, 3.8) is 0 Å². The van der Waals surface area contributed by atoms with Gasteiger partial charge in [0.05, 0.1) is 36.1 Å². The number of rotatable bonds is 14. The molecule has 4 amide bonds. The van der Waals surface area contributed by atoms with Crippen molar-refractivity contribution in [1.82, 2.24) is 30.2 Å². The predicted molar refractivity (Wildman–Crippen MR) is 219 cm³/mol. The monoisotopic (exact) mass is 896 g/mol. The number of benzene rings is 2. The lowest BCUT2D eigenvalue weighted by Gasteiger charge is -2.38. The highest BCUT2D eigenvalue weighted by Crippen LogP contribution is 2.42. The standard InChI is InChI=1S/2C21H23F3N6O2/c2*22-21(23,24)13-27-19(32)14-6-8-20(9-7-14,10-11-25)30-12-16(17(26)31)18(29-30)28-15-4-2-1-3-5-15/h2*1-5,12,14H,6-10,13H2,(H2,26,31)(H,27,32)(H,28,29). The van der Waals surface area contributed by atoms with Crippen molar-refractivity contribution in [2.75, 3.05) is 23.7 Å². The van der Waals surface area contributed by atoms with E-state index in [1.165, 1.54) is 21.8 Å². The van der Waals surface area contributed by atoms with Gasteiger partial charge in [0.2, 0.25) is 11.8 Å². The highest BCUT2D eigenvalue weighted by atomic mass is 19.4. The largest absolute Gasteiger partial charge is 0.405 e. The highest BCUT2D eigenvalue weighted by Gasteiger charge is 2.43. The Morgan fingerprint density at radius 2 is 0.953 bits per heavy atom. The Balaban J connectivity index is 0.000000241. The van der Waals surface area contributed by atoms with Gasteiger partial charge in [0.15, 0.2) is 11.6 Å². The Kier molecular flexibility index (Phi) is 15.3. The number of nitrogens with two attached hydrogens (primary N) is 2. The van der Waals surface area contributed by atoms with Crippen LogP contribution in [0.3, 0.4) is 0 Å². The summed E-state index contributed by atoms with van der Waals surface area (Å²) in [7, 11) is 0. The normalized spacial score (nSPS) is 20.9. The molecule has 2 aromatic heterocycles. The van der Waals surface area contributed by atoms with Crippen LogP contribution in [0.4, 0.5) is 49.4 Å². The molecule has 0 saturated heterocycles. The molecule has 340 valence electrons. The lowest BCUT2D eigenvalue weighted by atomic mass is 9.74. The zero-order valence-corrected chi connectivity index (χ0v) is 34.3. The molecule has 2 aromatic carbocycles. The maximum Gasteiger partial charge on any atom is 0.405 e.